The number of β-amino-alcohol motifs (C(OH)–C–C–N with tert-alkyl or cyclic N) is 1. The number of nitrogens with zero attached hydrogens (tertiary/aromatic N) is 1. The van der Waals surface area contributed by atoms with E-state index in [0.717, 1.165) is 5.57 Å². The lowest BCUT2D eigenvalue weighted by atomic mass is 10.00. The topological polar surface area (TPSA) is 57.6 Å². The summed E-state index contributed by atoms with van der Waals surface area (Å²) < 4.78 is 23.1. The molecule has 1 fully saturated rings. The molecule has 1 rings (SSSR count). The summed E-state index contributed by atoms with van der Waals surface area (Å²) in [5.41, 5.74) is 1.43. The van der Waals surface area contributed by atoms with Gasteiger partial charge >= 0.3 is 0 Å². The molecule has 0 saturated carbocycles. The molecule has 0 aromatic heterocycles. The van der Waals surface area contributed by atoms with E-state index in [1.807, 2.05) is 0 Å². The molecule has 0 aliphatic carbocycles. The molecule has 0 amide bonds. The van der Waals surface area contributed by atoms with E-state index in [9.17, 15) is 13.5 Å². The Bertz CT molecular complexity index is 374. The third-order valence-electron chi connectivity index (χ3n) is 2.24. The highest BCUT2D eigenvalue weighted by Gasteiger charge is 2.25. The summed E-state index contributed by atoms with van der Waals surface area (Å²) in [4.78, 5) is 0. The summed E-state index contributed by atoms with van der Waals surface area (Å²) in [7, 11) is -2.70. The second-order valence-electron chi connectivity index (χ2n) is 3.28. The van der Waals surface area contributed by atoms with Gasteiger partial charge in [0.05, 0.1) is 18.3 Å². The Balaban J connectivity index is 3.10. The van der Waals surface area contributed by atoms with Gasteiger partial charge in [0.1, 0.15) is 0 Å². The molecule has 4 nitrogen and oxygen atoms in total. The van der Waals surface area contributed by atoms with Crippen LogP contribution in [-0.2, 0) is 10.9 Å². The van der Waals surface area contributed by atoms with Gasteiger partial charge in [-0.2, -0.15) is 0 Å². The molecular formula is C10H15NO3S. The Kier molecular flexibility index (Phi) is 4.11. The van der Waals surface area contributed by atoms with Crippen LogP contribution in [0.5, 0.6) is 0 Å². The van der Waals surface area contributed by atoms with Gasteiger partial charge in [-0.3, -0.25) is 4.31 Å². The minimum Gasteiger partial charge on any atom is -0.391 e. The van der Waals surface area contributed by atoms with Gasteiger partial charge in [-0.1, -0.05) is 24.8 Å². The van der Waals surface area contributed by atoms with Crippen LogP contribution in [0, 0.1) is 0 Å². The van der Waals surface area contributed by atoms with E-state index in [0.29, 0.717) is 12.1 Å². The van der Waals surface area contributed by atoms with Crippen molar-refractivity contribution in [1.29, 1.82) is 0 Å². The average Bonchev–Trinajstić information content (AvgIpc) is 2.17. The molecule has 1 saturated heterocycles. The van der Waals surface area contributed by atoms with Crippen molar-refractivity contribution in [3.63, 3.8) is 0 Å². The zero-order valence-electron chi connectivity index (χ0n) is 8.59. The fourth-order valence-electron chi connectivity index (χ4n) is 1.67. The molecule has 0 spiro atoms. The molecule has 0 aromatic rings. The van der Waals surface area contributed by atoms with Gasteiger partial charge in [0, 0.05) is 6.42 Å². The SMILES string of the molecule is C=C/C=C1/C[C@@H](O)CN([SH](=O)=O)/C1=C/C. The molecule has 0 aromatic carbocycles. The standard InChI is InChI=1S/C10H15NO3S/c1-3-5-8-6-9(12)7-11(15(13)14)10(8)4-2/h3-5,9,12,15H,1,6-7H2,2H3/b8-5-,10-4+/t9-/m1/s1. The summed E-state index contributed by atoms with van der Waals surface area (Å²) in [5.74, 6) is 0. The number of hydrogen-bond donors (Lipinski definition) is 2. The smallest absolute Gasteiger partial charge is 0.225 e. The second kappa shape index (κ2) is 5.14. The first-order valence-electron chi connectivity index (χ1n) is 4.68. The maximum atomic E-state index is 11.0. The first-order chi connectivity index (χ1) is 7.10. The number of allylic oxidation sites excluding steroid dienone is 4. The Morgan fingerprint density at radius 1 is 1.60 bits per heavy atom. The van der Waals surface area contributed by atoms with Gasteiger partial charge < -0.3 is 5.11 Å². The number of rotatable bonds is 2. The number of aliphatic hydroxyl groups excluding tert-OH is 1. The number of thiol groups is 1. The second-order valence-corrected chi connectivity index (χ2v) is 4.24. The van der Waals surface area contributed by atoms with Crippen LogP contribution in [0.3, 0.4) is 0 Å². The van der Waals surface area contributed by atoms with E-state index in [1.165, 1.54) is 4.31 Å². The molecule has 15 heavy (non-hydrogen) atoms. The molecule has 1 heterocycles. The quantitative estimate of drug-likeness (QED) is 0.682. The van der Waals surface area contributed by atoms with Crippen molar-refractivity contribution in [3.8, 4) is 0 Å². The Hall–Kier alpha value is -1.07. The fraction of sp³-hybridized carbons (Fsp3) is 0.400. The third-order valence-corrected chi connectivity index (χ3v) is 3.01. The van der Waals surface area contributed by atoms with Gasteiger partial charge in [-0.15, -0.1) is 0 Å². The van der Waals surface area contributed by atoms with Gasteiger partial charge in [-0.25, -0.2) is 8.42 Å². The highest BCUT2D eigenvalue weighted by atomic mass is 32.2. The molecule has 1 atom stereocenters. The van der Waals surface area contributed by atoms with Crippen molar-refractivity contribution in [2.24, 2.45) is 0 Å². The van der Waals surface area contributed by atoms with Crippen LogP contribution in [0.4, 0.5) is 0 Å². The molecule has 0 bridgehead atoms. The van der Waals surface area contributed by atoms with Crippen LogP contribution in [0.15, 0.2) is 36.1 Å². The highest BCUT2D eigenvalue weighted by molar-refractivity contribution is 7.70. The van der Waals surface area contributed by atoms with E-state index in [4.69, 9.17) is 0 Å². The minimum atomic E-state index is -2.70. The highest BCUT2D eigenvalue weighted by Crippen LogP contribution is 2.26. The molecular weight excluding hydrogens is 214 g/mol. The fourth-order valence-corrected chi connectivity index (χ4v) is 2.41. The van der Waals surface area contributed by atoms with Crippen molar-refractivity contribution in [3.05, 3.63) is 36.1 Å². The Labute approximate surface area is 91.3 Å². The summed E-state index contributed by atoms with van der Waals surface area (Å²) in [6.45, 7) is 5.47. The van der Waals surface area contributed by atoms with E-state index in [2.05, 4.69) is 6.58 Å². The largest absolute Gasteiger partial charge is 0.391 e. The number of hydrogen-bond acceptors (Lipinski definition) is 3. The van der Waals surface area contributed by atoms with Crippen LogP contribution < -0.4 is 0 Å². The van der Waals surface area contributed by atoms with Crippen molar-refractivity contribution >= 4 is 10.9 Å². The predicted molar refractivity (Wildman–Crippen MR) is 59.7 cm³/mol. The Morgan fingerprint density at radius 2 is 2.27 bits per heavy atom. The molecule has 84 valence electrons. The average molecular weight is 229 g/mol. The lowest BCUT2D eigenvalue weighted by Crippen LogP contribution is -2.36. The molecule has 1 aliphatic heterocycles. The van der Waals surface area contributed by atoms with Crippen LogP contribution in [0.25, 0.3) is 0 Å². The lowest BCUT2D eigenvalue weighted by Gasteiger charge is -2.31. The normalized spacial score (nSPS) is 27.7. The lowest BCUT2D eigenvalue weighted by molar-refractivity contribution is 0.143. The van der Waals surface area contributed by atoms with Crippen LogP contribution >= 0.6 is 0 Å². The zero-order valence-corrected chi connectivity index (χ0v) is 9.48. The van der Waals surface area contributed by atoms with Crippen molar-refractivity contribution in [2.45, 2.75) is 19.4 Å². The van der Waals surface area contributed by atoms with Crippen LogP contribution in [-0.4, -0.2) is 30.5 Å². The van der Waals surface area contributed by atoms with E-state index >= 15 is 0 Å². The predicted octanol–water partition coefficient (Wildman–Crippen LogP) is 0.596. The van der Waals surface area contributed by atoms with Crippen LogP contribution in [0.1, 0.15) is 13.3 Å². The molecule has 5 heteroatoms. The summed E-state index contributed by atoms with van der Waals surface area (Å²) >= 11 is 0. The number of piperidine rings is 1. The summed E-state index contributed by atoms with van der Waals surface area (Å²) in [5, 5.41) is 9.53. The minimum absolute atomic E-state index is 0.132. The zero-order chi connectivity index (χ0) is 11.4. The summed E-state index contributed by atoms with van der Waals surface area (Å²) in [6, 6.07) is 0. The van der Waals surface area contributed by atoms with Crippen LogP contribution in [0.2, 0.25) is 0 Å². The molecule has 0 unspecified atom stereocenters. The van der Waals surface area contributed by atoms with E-state index in [-0.39, 0.29) is 6.54 Å². The first kappa shape index (κ1) is 12.0. The molecule has 0 radical (unpaired) electrons. The monoisotopic (exact) mass is 229 g/mol. The van der Waals surface area contributed by atoms with E-state index in [1.54, 1.807) is 25.2 Å². The van der Waals surface area contributed by atoms with Gasteiger partial charge in [-0.05, 0) is 12.5 Å². The molecule has 1 aliphatic rings. The Morgan fingerprint density at radius 3 is 2.73 bits per heavy atom. The summed E-state index contributed by atoms with van der Waals surface area (Å²) in [6.07, 6.45) is 4.86. The first-order valence-corrected chi connectivity index (χ1v) is 5.81. The third kappa shape index (κ3) is 2.70. The van der Waals surface area contributed by atoms with Crippen molar-refractivity contribution in [1.82, 2.24) is 4.31 Å². The van der Waals surface area contributed by atoms with Crippen molar-refractivity contribution < 1.29 is 13.5 Å². The molecule has 1 N–H and O–H groups in total. The maximum absolute atomic E-state index is 11.0. The van der Waals surface area contributed by atoms with Gasteiger partial charge in [0.2, 0.25) is 10.9 Å². The number of aliphatic hydroxyl groups is 1. The maximum Gasteiger partial charge on any atom is 0.225 e. The van der Waals surface area contributed by atoms with Crippen molar-refractivity contribution in [2.75, 3.05) is 6.54 Å². The van der Waals surface area contributed by atoms with Gasteiger partial charge in [0.15, 0.2) is 0 Å². The van der Waals surface area contributed by atoms with Gasteiger partial charge in [0.25, 0.3) is 0 Å². The van der Waals surface area contributed by atoms with E-state index < -0.39 is 17.0 Å².